The number of para-hydroxylation sites is 1. The van der Waals surface area contributed by atoms with E-state index in [9.17, 15) is 4.79 Å². The second kappa shape index (κ2) is 8.45. The Bertz CT molecular complexity index is 1040. The van der Waals surface area contributed by atoms with Gasteiger partial charge in [0.1, 0.15) is 12.4 Å². The molecule has 0 bridgehead atoms. The molecule has 29 heavy (non-hydrogen) atoms. The number of amides is 1. The van der Waals surface area contributed by atoms with E-state index in [0.717, 1.165) is 15.6 Å². The molecule has 3 aromatic rings. The van der Waals surface area contributed by atoms with Gasteiger partial charge in [0.05, 0.1) is 11.1 Å². The van der Waals surface area contributed by atoms with Crippen molar-refractivity contribution in [3.63, 3.8) is 0 Å². The number of aromatic nitrogens is 1. The molecule has 0 N–H and O–H groups in total. The summed E-state index contributed by atoms with van der Waals surface area (Å²) >= 11 is 3.43. The third kappa shape index (κ3) is 4.30. The first kappa shape index (κ1) is 19.1. The third-order valence-corrected chi connectivity index (χ3v) is 4.90. The summed E-state index contributed by atoms with van der Waals surface area (Å²) in [4.78, 5) is 16.3. The lowest BCUT2D eigenvalue weighted by atomic mass is 10.1. The zero-order chi connectivity index (χ0) is 20.2. The van der Waals surface area contributed by atoms with Gasteiger partial charge in [-0.25, -0.2) is 0 Å². The van der Waals surface area contributed by atoms with Gasteiger partial charge in [0.2, 0.25) is 18.0 Å². The number of nitrogens with zero attached hydrogens (tertiary/aromatic N) is 3. The van der Waals surface area contributed by atoms with Gasteiger partial charge >= 0.3 is 0 Å². The van der Waals surface area contributed by atoms with Gasteiger partial charge < -0.3 is 9.47 Å². The average molecular weight is 452 g/mol. The van der Waals surface area contributed by atoms with Crippen molar-refractivity contribution >= 4 is 27.7 Å². The van der Waals surface area contributed by atoms with Crippen molar-refractivity contribution in [3.05, 3.63) is 94.2 Å². The van der Waals surface area contributed by atoms with E-state index in [4.69, 9.17) is 9.47 Å². The van der Waals surface area contributed by atoms with Crippen molar-refractivity contribution in [2.45, 2.75) is 19.8 Å². The molecule has 0 fully saturated rings. The van der Waals surface area contributed by atoms with E-state index in [-0.39, 0.29) is 5.91 Å². The van der Waals surface area contributed by atoms with Gasteiger partial charge in [0, 0.05) is 23.8 Å². The van der Waals surface area contributed by atoms with E-state index < -0.39 is 6.23 Å². The molecule has 1 aliphatic rings. The van der Waals surface area contributed by atoms with E-state index in [1.54, 1.807) is 18.5 Å². The predicted octanol–water partition coefficient (Wildman–Crippen LogP) is 4.66. The Morgan fingerprint density at radius 1 is 1.14 bits per heavy atom. The van der Waals surface area contributed by atoms with Crippen molar-refractivity contribution in [2.24, 2.45) is 5.10 Å². The molecule has 146 valence electrons. The smallest absolute Gasteiger partial charge is 0.243 e. The van der Waals surface area contributed by atoms with Crippen molar-refractivity contribution in [2.75, 3.05) is 0 Å². The number of carbonyl (C=O) groups is 1. The van der Waals surface area contributed by atoms with Crippen LogP contribution in [0.2, 0.25) is 0 Å². The molecular formula is C22H18BrN3O3. The van der Waals surface area contributed by atoms with Crippen molar-refractivity contribution in [1.82, 2.24) is 9.99 Å². The van der Waals surface area contributed by atoms with E-state index >= 15 is 0 Å². The zero-order valence-corrected chi connectivity index (χ0v) is 17.2. The van der Waals surface area contributed by atoms with Crippen LogP contribution in [0.1, 0.15) is 29.8 Å². The number of rotatable bonds is 5. The van der Waals surface area contributed by atoms with Crippen molar-refractivity contribution in [1.29, 1.82) is 0 Å². The van der Waals surface area contributed by atoms with Gasteiger partial charge in [0.15, 0.2) is 0 Å². The molecule has 4 rings (SSSR count). The van der Waals surface area contributed by atoms with Crippen LogP contribution < -0.4 is 4.74 Å². The van der Waals surface area contributed by atoms with Crippen LogP contribution in [0, 0.1) is 0 Å². The third-order valence-electron chi connectivity index (χ3n) is 4.37. The number of halogens is 1. The summed E-state index contributed by atoms with van der Waals surface area (Å²) in [6.45, 7) is 1.85. The van der Waals surface area contributed by atoms with Crippen LogP contribution in [0.3, 0.4) is 0 Å². The molecule has 0 spiro atoms. The minimum Gasteiger partial charge on any atom is -0.488 e. The lowest BCUT2D eigenvalue weighted by Gasteiger charge is -2.22. The second-order valence-corrected chi connectivity index (χ2v) is 7.35. The fourth-order valence-electron chi connectivity index (χ4n) is 2.93. The van der Waals surface area contributed by atoms with Crippen LogP contribution >= 0.6 is 15.9 Å². The summed E-state index contributed by atoms with van der Waals surface area (Å²) in [7, 11) is 0. The normalized spacial score (nSPS) is 15.6. The zero-order valence-electron chi connectivity index (χ0n) is 15.7. The van der Waals surface area contributed by atoms with Crippen molar-refractivity contribution < 1.29 is 14.3 Å². The predicted molar refractivity (Wildman–Crippen MR) is 112 cm³/mol. The maximum atomic E-state index is 12.2. The Kier molecular flexibility index (Phi) is 5.57. The van der Waals surface area contributed by atoms with Gasteiger partial charge in [-0.1, -0.05) is 40.2 Å². The van der Waals surface area contributed by atoms with E-state index in [2.05, 4.69) is 26.0 Å². The van der Waals surface area contributed by atoms with E-state index in [1.807, 2.05) is 54.6 Å². The molecule has 7 heteroatoms. The highest BCUT2D eigenvalue weighted by molar-refractivity contribution is 9.10. The second-order valence-electron chi connectivity index (χ2n) is 6.43. The Labute approximate surface area is 176 Å². The van der Waals surface area contributed by atoms with Crippen LogP contribution in [0.15, 0.2) is 82.6 Å². The highest BCUT2D eigenvalue weighted by Crippen LogP contribution is 2.35. The number of hydrogen-bond acceptors (Lipinski definition) is 5. The summed E-state index contributed by atoms with van der Waals surface area (Å²) < 4.78 is 13.1. The number of hydrazone groups is 1. The molecule has 1 aromatic heterocycles. The molecule has 1 aliphatic heterocycles. The van der Waals surface area contributed by atoms with Gasteiger partial charge in [-0.2, -0.15) is 5.01 Å². The monoisotopic (exact) mass is 451 g/mol. The molecular weight excluding hydrogens is 434 g/mol. The molecule has 2 aromatic carbocycles. The average Bonchev–Trinajstić information content (AvgIpc) is 3.20. The number of benzene rings is 2. The first-order valence-electron chi connectivity index (χ1n) is 9.03. The quantitative estimate of drug-likeness (QED) is 0.565. The summed E-state index contributed by atoms with van der Waals surface area (Å²) in [5, 5.41) is 5.69. The molecule has 1 atom stereocenters. The van der Waals surface area contributed by atoms with Gasteiger partial charge in [-0.05, 0) is 42.0 Å². The van der Waals surface area contributed by atoms with Crippen LogP contribution in [0.4, 0.5) is 0 Å². The SMILES string of the molecule is CC(=O)N1N=C(c2cccnc2)O[C@@H]1c1ccccc1OCc1ccc(Br)cc1. The minimum absolute atomic E-state index is 0.225. The Morgan fingerprint density at radius 3 is 2.66 bits per heavy atom. The topological polar surface area (TPSA) is 64.0 Å². The van der Waals surface area contributed by atoms with Gasteiger partial charge in [-0.15, -0.1) is 5.10 Å². The van der Waals surface area contributed by atoms with Crippen LogP contribution in [0.5, 0.6) is 5.75 Å². The lowest BCUT2D eigenvalue weighted by molar-refractivity contribution is -0.135. The van der Waals surface area contributed by atoms with E-state index in [0.29, 0.717) is 23.8 Å². The first-order chi connectivity index (χ1) is 14.1. The number of hydrogen-bond donors (Lipinski definition) is 0. The molecule has 0 aliphatic carbocycles. The fourth-order valence-corrected chi connectivity index (χ4v) is 3.20. The highest BCUT2D eigenvalue weighted by atomic mass is 79.9. The fraction of sp³-hybridized carbons (Fsp3) is 0.136. The van der Waals surface area contributed by atoms with Crippen LogP contribution in [-0.2, 0) is 16.1 Å². The molecule has 6 nitrogen and oxygen atoms in total. The van der Waals surface area contributed by atoms with Gasteiger partial charge in [0.25, 0.3) is 0 Å². The number of ether oxygens (including phenoxy) is 2. The maximum Gasteiger partial charge on any atom is 0.243 e. The molecule has 1 amide bonds. The Balaban J connectivity index is 1.59. The summed E-state index contributed by atoms with van der Waals surface area (Å²) in [6, 6.07) is 19.0. The Hall–Kier alpha value is -3.19. The molecule has 0 unspecified atom stereocenters. The number of pyridine rings is 1. The summed E-state index contributed by atoms with van der Waals surface area (Å²) in [5.74, 6) is 0.756. The minimum atomic E-state index is -0.705. The lowest BCUT2D eigenvalue weighted by Crippen LogP contribution is -2.25. The van der Waals surface area contributed by atoms with Crippen molar-refractivity contribution in [3.8, 4) is 5.75 Å². The standard InChI is InChI=1S/C22H18BrN3O3/c1-15(27)26-22(29-21(25-26)17-5-4-12-24-13-17)19-6-2-3-7-20(19)28-14-16-8-10-18(23)11-9-16/h2-13,22H,14H2,1H3/t22-/m1/s1. The maximum absolute atomic E-state index is 12.2. The molecule has 0 saturated heterocycles. The summed E-state index contributed by atoms with van der Waals surface area (Å²) in [6.07, 6.45) is 2.61. The molecule has 2 heterocycles. The number of carbonyl (C=O) groups excluding carboxylic acids is 1. The largest absolute Gasteiger partial charge is 0.488 e. The van der Waals surface area contributed by atoms with Crippen LogP contribution in [0.25, 0.3) is 0 Å². The summed E-state index contributed by atoms with van der Waals surface area (Å²) in [5.41, 5.74) is 2.46. The molecule has 0 saturated carbocycles. The van der Waals surface area contributed by atoms with Gasteiger partial charge in [-0.3, -0.25) is 9.78 Å². The van der Waals surface area contributed by atoms with E-state index in [1.165, 1.54) is 11.9 Å². The Morgan fingerprint density at radius 2 is 1.93 bits per heavy atom. The highest BCUT2D eigenvalue weighted by Gasteiger charge is 2.35. The molecule has 0 radical (unpaired) electrons. The van der Waals surface area contributed by atoms with Crippen LogP contribution in [-0.4, -0.2) is 21.8 Å². The first-order valence-corrected chi connectivity index (χ1v) is 9.83.